The lowest BCUT2D eigenvalue weighted by Gasteiger charge is -2.32. The van der Waals surface area contributed by atoms with E-state index in [1.165, 1.54) is 0 Å². The van der Waals surface area contributed by atoms with Crippen molar-refractivity contribution in [1.82, 2.24) is 25.5 Å². The molecule has 8 nitrogen and oxygen atoms in total. The molecule has 2 heterocycles. The van der Waals surface area contributed by atoms with E-state index in [4.69, 9.17) is 5.84 Å². The Morgan fingerprint density at radius 2 is 2.00 bits per heavy atom. The fourth-order valence-electron chi connectivity index (χ4n) is 1.65. The maximum atomic E-state index is 11.9. The largest absolute Gasteiger partial charge is 0.307 e. The van der Waals surface area contributed by atoms with Crippen LogP contribution in [0.15, 0.2) is 12.1 Å². The normalized spacial score (nSPS) is 17.4. The van der Waals surface area contributed by atoms with Crippen molar-refractivity contribution in [1.29, 1.82) is 0 Å². The number of hydrogen-bond donors (Lipinski definition) is 3. The van der Waals surface area contributed by atoms with Gasteiger partial charge in [-0.05, 0) is 19.2 Å². The predicted molar refractivity (Wildman–Crippen MR) is 66.4 cm³/mol. The Hall–Kier alpha value is -1.77. The number of hydrogen-bond acceptors (Lipinski definition) is 7. The summed E-state index contributed by atoms with van der Waals surface area (Å²) in [5.41, 5.74) is 5.44. The molecule has 1 aliphatic heterocycles. The van der Waals surface area contributed by atoms with Crippen LogP contribution in [0, 0.1) is 0 Å². The molecule has 18 heavy (non-hydrogen) atoms. The van der Waals surface area contributed by atoms with Crippen LogP contribution in [0.2, 0.25) is 0 Å². The number of piperazine rings is 1. The second-order valence-electron chi connectivity index (χ2n) is 4.18. The van der Waals surface area contributed by atoms with Crippen LogP contribution in [-0.4, -0.2) is 59.2 Å². The molecule has 0 radical (unpaired) electrons. The van der Waals surface area contributed by atoms with Crippen LogP contribution in [0.5, 0.6) is 0 Å². The molecule has 1 aromatic heterocycles. The van der Waals surface area contributed by atoms with Gasteiger partial charge in [-0.2, -0.15) is 0 Å². The van der Waals surface area contributed by atoms with Gasteiger partial charge in [-0.1, -0.05) is 0 Å². The molecule has 1 aliphatic rings. The molecular formula is C10H17N7O. The van der Waals surface area contributed by atoms with Crippen molar-refractivity contribution in [3.05, 3.63) is 17.8 Å². The number of rotatable bonds is 3. The Balaban J connectivity index is 1.90. The highest BCUT2D eigenvalue weighted by atomic mass is 16.2. The fraction of sp³-hybridized carbons (Fsp3) is 0.500. The van der Waals surface area contributed by atoms with Gasteiger partial charge >= 0.3 is 0 Å². The molecule has 0 aromatic carbocycles. The van der Waals surface area contributed by atoms with E-state index in [0.717, 1.165) is 26.2 Å². The number of nitrogens with two attached hydrogens (primary N) is 1. The van der Waals surface area contributed by atoms with Crippen molar-refractivity contribution >= 4 is 11.7 Å². The lowest BCUT2D eigenvalue weighted by Crippen LogP contribution is -2.52. The minimum absolute atomic E-state index is 0.254. The number of carbonyl (C=O) groups is 1. The summed E-state index contributed by atoms with van der Waals surface area (Å²) < 4.78 is 0. The molecule has 1 fully saturated rings. The van der Waals surface area contributed by atoms with Crippen molar-refractivity contribution in [2.24, 2.45) is 5.84 Å². The van der Waals surface area contributed by atoms with Gasteiger partial charge in [-0.15, -0.1) is 10.2 Å². The van der Waals surface area contributed by atoms with E-state index in [0.29, 0.717) is 5.82 Å². The van der Waals surface area contributed by atoms with Crippen LogP contribution >= 0.6 is 0 Å². The van der Waals surface area contributed by atoms with Crippen LogP contribution in [0.25, 0.3) is 0 Å². The minimum Gasteiger partial charge on any atom is -0.307 e. The summed E-state index contributed by atoms with van der Waals surface area (Å²) in [5.74, 6) is 5.34. The topological polar surface area (TPSA) is 99.4 Å². The highest BCUT2D eigenvalue weighted by molar-refractivity contribution is 5.91. The summed E-state index contributed by atoms with van der Waals surface area (Å²) >= 11 is 0. The van der Waals surface area contributed by atoms with Crippen LogP contribution in [-0.2, 0) is 0 Å². The van der Waals surface area contributed by atoms with Crippen molar-refractivity contribution in [3.8, 4) is 0 Å². The van der Waals surface area contributed by atoms with Gasteiger partial charge in [0.05, 0.1) is 0 Å². The van der Waals surface area contributed by atoms with E-state index in [2.05, 4.69) is 33.0 Å². The van der Waals surface area contributed by atoms with E-state index >= 15 is 0 Å². The number of carbonyl (C=O) groups excluding carboxylic acids is 1. The average molecular weight is 251 g/mol. The van der Waals surface area contributed by atoms with E-state index in [1.807, 2.05) is 5.01 Å². The van der Waals surface area contributed by atoms with Crippen molar-refractivity contribution in [2.75, 3.05) is 38.7 Å². The summed E-state index contributed by atoms with van der Waals surface area (Å²) in [6.07, 6.45) is 0. The third-order valence-corrected chi connectivity index (χ3v) is 2.81. The quantitative estimate of drug-likeness (QED) is 0.451. The van der Waals surface area contributed by atoms with Gasteiger partial charge in [0.1, 0.15) is 0 Å². The molecule has 2 rings (SSSR count). The number of amides is 1. The van der Waals surface area contributed by atoms with Crippen LogP contribution in [0.1, 0.15) is 10.5 Å². The molecule has 1 saturated heterocycles. The zero-order valence-electron chi connectivity index (χ0n) is 10.3. The number of likely N-dealkylation sites (N-methyl/N-ethyl adjacent to an activating group) is 1. The first-order valence-corrected chi connectivity index (χ1v) is 5.74. The molecule has 8 heteroatoms. The molecule has 0 spiro atoms. The van der Waals surface area contributed by atoms with Crippen molar-refractivity contribution in [2.45, 2.75) is 0 Å². The minimum atomic E-state index is -0.254. The summed E-state index contributed by atoms with van der Waals surface area (Å²) in [7, 11) is 2.06. The zero-order valence-corrected chi connectivity index (χ0v) is 10.3. The molecule has 0 aliphatic carbocycles. The highest BCUT2D eigenvalue weighted by Gasteiger charge is 2.17. The van der Waals surface area contributed by atoms with Gasteiger partial charge in [0.25, 0.3) is 5.91 Å². The van der Waals surface area contributed by atoms with Gasteiger partial charge in [0, 0.05) is 26.2 Å². The second-order valence-corrected chi connectivity index (χ2v) is 4.18. The second kappa shape index (κ2) is 5.71. The maximum Gasteiger partial charge on any atom is 0.286 e. The molecule has 0 bridgehead atoms. The number of nitrogens with zero attached hydrogens (tertiary/aromatic N) is 4. The van der Waals surface area contributed by atoms with Crippen LogP contribution in [0.3, 0.4) is 0 Å². The molecule has 0 saturated carbocycles. The number of hydrazine groups is 2. The standard InChI is InChI=1S/C10H17N7O/c1-16-4-6-17(7-5-16)15-10(18)8-2-3-9(12-11)14-13-8/h2-3H,4-7,11H2,1H3,(H,12,14)(H,15,18). The van der Waals surface area contributed by atoms with Gasteiger partial charge < -0.3 is 10.3 Å². The molecular weight excluding hydrogens is 234 g/mol. The maximum absolute atomic E-state index is 11.9. The van der Waals surface area contributed by atoms with Gasteiger partial charge in [0.2, 0.25) is 0 Å². The van der Waals surface area contributed by atoms with Gasteiger partial charge in [-0.25, -0.2) is 10.9 Å². The molecule has 1 amide bonds. The molecule has 98 valence electrons. The third-order valence-electron chi connectivity index (χ3n) is 2.81. The lowest BCUT2D eigenvalue weighted by molar-refractivity contribution is 0.0657. The summed E-state index contributed by atoms with van der Waals surface area (Å²) in [5, 5.41) is 9.43. The monoisotopic (exact) mass is 251 g/mol. The lowest BCUT2D eigenvalue weighted by atomic mass is 10.3. The van der Waals surface area contributed by atoms with Gasteiger partial charge in [-0.3, -0.25) is 10.2 Å². The first-order valence-electron chi connectivity index (χ1n) is 5.74. The average Bonchev–Trinajstić information content (AvgIpc) is 2.41. The van der Waals surface area contributed by atoms with Crippen molar-refractivity contribution in [3.63, 3.8) is 0 Å². The summed E-state index contributed by atoms with van der Waals surface area (Å²) in [6, 6.07) is 3.18. The molecule has 0 atom stereocenters. The number of aromatic nitrogens is 2. The van der Waals surface area contributed by atoms with E-state index in [1.54, 1.807) is 12.1 Å². The van der Waals surface area contributed by atoms with E-state index in [9.17, 15) is 4.79 Å². The molecule has 1 aromatic rings. The Bertz CT molecular complexity index is 399. The summed E-state index contributed by atoms with van der Waals surface area (Å²) in [4.78, 5) is 14.1. The Morgan fingerprint density at radius 3 is 2.56 bits per heavy atom. The van der Waals surface area contributed by atoms with Crippen molar-refractivity contribution < 1.29 is 4.79 Å². The Morgan fingerprint density at radius 1 is 1.28 bits per heavy atom. The number of anilines is 1. The molecule has 0 unspecified atom stereocenters. The van der Waals surface area contributed by atoms with E-state index < -0.39 is 0 Å². The van der Waals surface area contributed by atoms with Crippen LogP contribution < -0.4 is 16.7 Å². The fourth-order valence-corrected chi connectivity index (χ4v) is 1.65. The zero-order chi connectivity index (χ0) is 13.0. The number of nitrogens with one attached hydrogen (secondary N) is 2. The summed E-state index contributed by atoms with van der Waals surface area (Å²) in [6.45, 7) is 3.47. The predicted octanol–water partition coefficient (Wildman–Crippen LogP) is -1.35. The Labute approximate surface area is 105 Å². The smallest absolute Gasteiger partial charge is 0.286 e. The SMILES string of the molecule is CN1CCN(NC(=O)c2ccc(NN)nn2)CC1. The first-order chi connectivity index (χ1) is 8.69. The highest BCUT2D eigenvalue weighted by Crippen LogP contribution is 2.01. The third kappa shape index (κ3) is 3.13. The van der Waals surface area contributed by atoms with Gasteiger partial charge in [0.15, 0.2) is 11.5 Å². The Kier molecular flexibility index (Phi) is 4.03. The molecule has 4 N–H and O–H groups in total. The number of nitrogen functional groups attached to an aromatic ring is 1. The first kappa shape index (κ1) is 12.7. The van der Waals surface area contributed by atoms with Crippen LogP contribution in [0.4, 0.5) is 5.82 Å². The van der Waals surface area contributed by atoms with E-state index in [-0.39, 0.29) is 11.6 Å².